The molecule has 0 unspecified atom stereocenters. The lowest BCUT2D eigenvalue weighted by Gasteiger charge is -2.17. The molecule has 0 saturated carbocycles. The van der Waals surface area contributed by atoms with Gasteiger partial charge in [0.2, 0.25) is 0 Å². The van der Waals surface area contributed by atoms with Gasteiger partial charge in [0.15, 0.2) is 5.78 Å². The van der Waals surface area contributed by atoms with Crippen molar-refractivity contribution in [3.05, 3.63) is 35.9 Å². The first-order valence-electron chi connectivity index (χ1n) is 6.67. The number of nitrogens with zero attached hydrogens (tertiary/aromatic N) is 2. The fourth-order valence-corrected chi connectivity index (χ4v) is 2.28. The monoisotopic (exact) mass is 244 g/mol. The maximum atomic E-state index is 11.9. The molecule has 0 spiro atoms. The van der Waals surface area contributed by atoms with Crippen molar-refractivity contribution < 1.29 is 4.79 Å². The predicted molar refractivity (Wildman–Crippen MR) is 74.2 cm³/mol. The summed E-state index contributed by atoms with van der Waals surface area (Å²) >= 11 is 0. The van der Waals surface area contributed by atoms with E-state index in [0.29, 0.717) is 0 Å². The van der Waals surface area contributed by atoms with E-state index in [-0.39, 0.29) is 12.3 Å². The van der Waals surface area contributed by atoms with E-state index < -0.39 is 0 Å². The fraction of sp³-hybridized carbons (Fsp3) is 0.467. The first-order chi connectivity index (χ1) is 8.81. The average Bonchev–Trinajstić information content (AvgIpc) is 2.85. The lowest BCUT2D eigenvalue weighted by molar-refractivity contribution is 0.100. The molecule has 0 radical (unpaired) electrons. The highest BCUT2D eigenvalue weighted by atomic mass is 16.1. The van der Waals surface area contributed by atoms with E-state index in [9.17, 15) is 4.79 Å². The average molecular weight is 244 g/mol. The molecule has 1 aliphatic rings. The number of hydrogen-bond acceptors (Lipinski definition) is 2. The number of hydrogen-bond donors (Lipinski definition) is 0. The van der Waals surface area contributed by atoms with E-state index in [0.717, 1.165) is 37.3 Å². The summed E-state index contributed by atoms with van der Waals surface area (Å²) in [6.45, 7) is 4.59. The minimum atomic E-state index is 0.103. The summed E-state index contributed by atoms with van der Waals surface area (Å²) < 4.78 is 0. The minimum Gasteiger partial charge on any atom is -0.360 e. The molecule has 2 rings (SSSR count). The van der Waals surface area contributed by atoms with Crippen molar-refractivity contribution in [1.82, 2.24) is 4.90 Å². The Hall–Kier alpha value is -1.64. The first kappa shape index (κ1) is 12.8. The lowest BCUT2D eigenvalue weighted by Crippen LogP contribution is -2.26. The fourth-order valence-electron chi connectivity index (χ4n) is 2.28. The van der Waals surface area contributed by atoms with Crippen LogP contribution < -0.4 is 0 Å². The van der Waals surface area contributed by atoms with Crippen molar-refractivity contribution in [3.63, 3.8) is 0 Å². The van der Waals surface area contributed by atoms with Gasteiger partial charge in [0, 0.05) is 25.1 Å². The van der Waals surface area contributed by atoms with Crippen LogP contribution in [-0.4, -0.2) is 36.2 Å². The van der Waals surface area contributed by atoms with E-state index in [1.807, 2.05) is 30.3 Å². The summed E-state index contributed by atoms with van der Waals surface area (Å²) in [5.74, 6) is 1.22. The van der Waals surface area contributed by atoms with Gasteiger partial charge in [0.05, 0.1) is 5.84 Å². The summed E-state index contributed by atoms with van der Waals surface area (Å²) in [6, 6.07) is 9.39. The largest absolute Gasteiger partial charge is 0.360 e. The molecule has 1 aromatic carbocycles. The van der Waals surface area contributed by atoms with Crippen LogP contribution in [0.4, 0.5) is 0 Å². The Bertz CT molecular complexity index is 425. The zero-order chi connectivity index (χ0) is 12.8. The molecule has 96 valence electrons. The number of carbonyl (C=O) groups is 1. The van der Waals surface area contributed by atoms with Crippen LogP contribution in [0, 0.1) is 0 Å². The molecule has 3 heteroatoms. The maximum Gasteiger partial charge on any atom is 0.184 e. The van der Waals surface area contributed by atoms with E-state index in [4.69, 9.17) is 0 Å². The number of amidine groups is 1. The Labute approximate surface area is 109 Å². The number of carbonyl (C=O) groups excluding carboxylic acids is 1. The van der Waals surface area contributed by atoms with Gasteiger partial charge in [-0.2, -0.15) is 0 Å². The number of Topliss-reactive ketones (excluding diaryl/α,β-unsaturated/α-hetero) is 1. The maximum absolute atomic E-state index is 11.9. The smallest absolute Gasteiger partial charge is 0.184 e. The molecule has 0 N–H and O–H groups in total. The Balaban J connectivity index is 1.96. The lowest BCUT2D eigenvalue weighted by atomic mass is 10.1. The van der Waals surface area contributed by atoms with Gasteiger partial charge < -0.3 is 4.90 Å². The standard InChI is InChI=1S/C15H20N2O/c1-2-10-17-11-6-9-15(17)16-12-14(18)13-7-4-3-5-8-13/h3-5,7-8H,2,6,9-12H2,1H3. The minimum absolute atomic E-state index is 0.103. The van der Waals surface area contributed by atoms with E-state index in [1.165, 1.54) is 6.42 Å². The normalized spacial score (nSPS) is 17.4. The van der Waals surface area contributed by atoms with Gasteiger partial charge in [0.25, 0.3) is 0 Å². The first-order valence-corrected chi connectivity index (χ1v) is 6.67. The quantitative estimate of drug-likeness (QED) is 0.746. The number of aliphatic imine (C=N–C) groups is 1. The van der Waals surface area contributed by atoms with Crippen molar-refractivity contribution >= 4 is 11.6 Å². The molecule has 0 aromatic heterocycles. The zero-order valence-electron chi connectivity index (χ0n) is 10.9. The second kappa shape index (κ2) is 6.34. The van der Waals surface area contributed by atoms with Crippen LogP contribution >= 0.6 is 0 Å². The van der Waals surface area contributed by atoms with Crippen molar-refractivity contribution in [3.8, 4) is 0 Å². The van der Waals surface area contributed by atoms with Crippen molar-refractivity contribution in [2.24, 2.45) is 4.99 Å². The van der Waals surface area contributed by atoms with Gasteiger partial charge in [-0.15, -0.1) is 0 Å². The number of likely N-dealkylation sites (tertiary alicyclic amines) is 1. The SMILES string of the molecule is CCCN1CCCC1=NCC(=O)c1ccccc1. The third-order valence-corrected chi connectivity index (χ3v) is 3.19. The van der Waals surface area contributed by atoms with Gasteiger partial charge in [0.1, 0.15) is 6.54 Å². The summed E-state index contributed by atoms with van der Waals surface area (Å²) in [6.07, 6.45) is 3.31. The summed E-state index contributed by atoms with van der Waals surface area (Å²) in [5, 5.41) is 0. The molecule has 18 heavy (non-hydrogen) atoms. The summed E-state index contributed by atoms with van der Waals surface area (Å²) in [5.41, 5.74) is 0.752. The van der Waals surface area contributed by atoms with Crippen molar-refractivity contribution in [2.45, 2.75) is 26.2 Å². The topological polar surface area (TPSA) is 32.7 Å². The molecule has 3 nitrogen and oxygen atoms in total. The molecule has 0 amide bonds. The highest BCUT2D eigenvalue weighted by Gasteiger charge is 2.17. The summed E-state index contributed by atoms with van der Waals surface area (Å²) in [7, 11) is 0. The third kappa shape index (κ3) is 3.19. The number of rotatable bonds is 5. The Morgan fingerprint density at radius 2 is 2.11 bits per heavy atom. The Morgan fingerprint density at radius 3 is 2.83 bits per heavy atom. The number of ketones is 1. The van der Waals surface area contributed by atoms with Gasteiger partial charge in [-0.1, -0.05) is 37.3 Å². The van der Waals surface area contributed by atoms with Crippen LogP contribution in [0.15, 0.2) is 35.3 Å². The Morgan fingerprint density at radius 1 is 1.33 bits per heavy atom. The molecular formula is C15H20N2O. The highest BCUT2D eigenvalue weighted by molar-refractivity contribution is 5.99. The molecule has 1 saturated heterocycles. The predicted octanol–water partition coefficient (Wildman–Crippen LogP) is 2.77. The Kier molecular flexibility index (Phi) is 4.51. The molecule has 0 aliphatic carbocycles. The zero-order valence-corrected chi connectivity index (χ0v) is 10.9. The molecule has 1 aromatic rings. The van der Waals surface area contributed by atoms with Gasteiger partial charge in [-0.25, -0.2) is 0 Å². The molecule has 0 bridgehead atoms. The van der Waals surface area contributed by atoms with Crippen molar-refractivity contribution in [2.75, 3.05) is 19.6 Å². The van der Waals surface area contributed by atoms with Crippen molar-refractivity contribution in [1.29, 1.82) is 0 Å². The van der Waals surface area contributed by atoms with Crippen LogP contribution in [0.2, 0.25) is 0 Å². The molecule has 0 atom stereocenters. The van der Waals surface area contributed by atoms with Crippen LogP contribution in [0.1, 0.15) is 36.5 Å². The van der Waals surface area contributed by atoms with E-state index in [1.54, 1.807) is 0 Å². The van der Waals surface area contributed by atoms with Gasteiger partial charge >= 0.3 is 0 Å². The molecule has 1 heterocycles. The van der Waals surface area contributed by atoms with Crippen LogP contribution in [-0.2, 0) is 0 Å². The van der Waals surface area contributed by atoms with E-state index in [2.05, 4.69) is 16.8 Å². The van der Waals surface area contributed by atoms with Gasteiger partial charge in [-0.3, -0.25) is 9.79 Å². The molecule has 1 fully saturated rings. The van der Waals surface area contributed by atoms with Gasteiger partial charge in [-0.05, 0) is 12.8 Å². The van der Waals surface area contributed by atoms with Crippen LogP contribution in [0.25, 0.3) is 0 Å². The second-order valence-electron chi connectivity index (χ2n) is 4.61. The third-order valence-electron chi connectivity index (χ3n) is 3.19. The summed E-state index contributed by atoms with van der Waals surface area (Å²) in [4.78, 5) is 18.7. The number of benzene rings is 1. The second-order valence-corrected chi connectivity index (χ2v) is 4.61. The van der Waals surface area contributed by atoms with E-state index >= 15 is 0 Å². The molecular weight excluding hydrogens is 224 g/mol. The van der Waals surface area contributed by atoms with Crippen LogP contribution in [0.5, 0.6) is 0 Å². The molecule has 1 aliphatic heterocycles. The van der Waals surface area contributed by atoms with Crippen LogP contribution in [0.3, 0.4) is 0 Å². The highest BCUT2D eigenvalue weighted by Crippen LogP contribution is 2.12.